The molecule has 0 atom stereocenters. The molecular weight excluding hydrogens is 575 g/mol. The highest BCUT2D eigenvalue weighted by Gasteiger charge is 2.34. The summed E-state index contributed by atoms with van der Waals surface area (Å²) in [7, 11) is 0. The van der Waals surface area contributed by atoms with Crippen molar-refractivity contribution in [2.45, 2.75) is 53.2 Å². The number of pyridine rings is 1. The molecular formula is C34H37N5O2S2. The second-order valence-corrected chi connectivity index (χ2v) is 12.8. The number of nitriles is 1. The van der Waals surface area contributed by atoms with E-state index in [1.807, 2.05) is 50.3 Å². The van der Waals surface area contributed by atoms with Crippen LogP contribution in [-0.2, 0) is 24.4 Å². The lowest BCUT2D eigenvalue weighted by Gasteiger charge is -2.38. The molecule has 2 aliphatic rings. The van der Waals surface area contributed by atoms with E-state index < -0.39 is 0 Å². The molecule has 0 aliphatic carbocycles. The van der Waals surface area contributed by atoms with E-state index >= 15 is 0 Å². The fraction of sp³-hybridized carbons (Fsp3) is 0.353. The Kier molecular flexibility index (Phi) is 9.81. The van der Waals surface area contributed by atoms with Gasteiger partial charge in [0, 0.05) is 44.8 Å². The summed E-state index contributed by atoms with van der Waals surface area (Å²) < 4.78 is 2.27. The molecule has 2 saturated heterocycles. The molecule has 0 saturated carbocycles. The number of unbranched alkanes of at least 4 members (excludes halogenated alkanes) is 1. The highest BCUT2D eigenvalue weighted by molar-refractivity contribution is 8.26. The van der Waals surface area contributed by atoms with Crippen LogP contribution in [0.4, 0.5) is 5.82 Å². The van der Waals surface area contributed by atoms with Gasteiger partial charge in [0.1, 0.15) is 21.8 Å². The van der Waals surface area contributed by atoms with Gasteiger partial charge in [-0.2, -0.15) is 5.26 Å². The number of nitrogens with zero attached hydrogens (tertiary/aromatic N) is 5. The van der Waals surface area contributed by atoms with Crippen LogP contribution in [0.25, 0.3) is 6.08 Å². The van der Waals surface area contributed by atoms with E-state index in [4.69, 9.17) is 12.2 Å². The second-order valence-electron chi connectivity index (χ2n) is 11.2. The number of carbonyl (C=O) groups is 1. The minimum Gasteiger partial charge on any atom is -0.355 e. The molecule has 2 fully saturated rings. The molecule has 2 aliphatic heterocycles. The first-order chi connectivity index (χ1) is 20.8. The zero-order valence-corrected chi connectivity index (χ0v) is 26.6. The summed E-state index contributed by atoms with van der Waals surface area (Å²) in [5.41, 5.74) is 4.66. The summed E-state index contributed by atoms with van der Waals surface area (Å²) in [6.07, 6.45) is 3.59. The van der Waals surface area contributed by atoms with Gasteiger partial charge in [0.2, 0.25) is 0 Å². The number of aryl methyl sites for hydroxylation is 1. The molecule has 0 spiro atoms. The standard InChI is InChI=1S/C34H37N5O2S2/c1-4-5-15-38-31(37-18-16-36(17-19-37)22-26-9-7-6-8-10-26)28(25(3)29(21-35)32(38)40)20-30-33(41)39(34(42)43-30)23-27-13-11-24(2)12-14-27/h6-14,20H,4-5,15-19,22-23H2,1-3H3/b30-20-. The molecule has 7 nitrogen and oxygen atoms in total. The molecule has 0 unspecified atom stereocenters. The summed E-state index contributed by atoms with van der Waals surface area (Å²) in [4.78, 5) is 34.2. The molecule has 43 heavy (non-hydrogen) atoms. The molecule has 3 heterocycles. The van der Waals surface area contributed by atoms with Gasteiger partial charge in [-0.25, -0.2) is 0 Å². The number of thiocarbonyl (C=S) groups is 1. The lowest BCUT2D eigenvalue weighted by Crippen LogP contribution is -2.48. The van der Waals surface area contributed by atoms with Crippen molar-refractivity contribution in [3.63, 3.8) is 0 Å². The molecule has 222 valence electrons. The van der Waals surface area contributed by atoms with Crippen molar-refractivity contribution < 1.29 is 4.79 Å². The fourth-order valence-electron chi connectivity index (χ4n) is 5.61. The number of hydrogen-bond acceptors (Lipinski definition) is 7. The molecule has 3 aromatic rings. The predicted octanol–water partition coefficient (Wildman–Crippen LogP) is 5.86. The maximum atomic E-state index is 13.7. The van der Waals surface area contributed by atoms with Crippen LogP contribution in [0, 0.1) is 25.2 Å². The van der Waals surface area contributed by atoms with Crippen LogP contribution in [0.2, 0.25) is 0 Å². The number of amides is 1. The molecule has 0 bridgehead atoms. The Morgan fingerprint density at radius 1 is 0.953 bits per heavy atom. The zero-order chi connectivity index (χ0) is 30.5. The van der Waals surface area contributed by atoms with E-state index in [0.29, 0.717) is 27.9 Å². The van der Waals surface area contributed by atoms with E-state index in [9.17, 15) is 14.9 Å². The third kappa shape index (κ3) is 6.77. The van der Waals surface area contributed by atoms with E-state index in [-0.39, 0.29) is 17.0 Å². The van der Waals surface area contributed by atoms with E-state index in [0.717, 1.165) is 68.1 Å². The third-order valence-corrected chi connectivity index (χ3v) is 9.49. The summed E-state index contributed by atoms with van der Waals surface area (Å²) in [5.74, 6) is 0.636. The Morgan fingerprint density at radius 2 is 1.63 bits per heavy atom. The summed E-state index contributed by atoms with van der Waals surface area (Å²) in [6, 6.07) is 20.7. The normalized spacial score (nSPS) is 16.7. The van der Waals surface area contributed by atoms with Crippen molar-refractivity contribution in [3.05, 3.63) is 103 Å². The van der Waals surface area contributed by atoms with Crippen LogP contribution in [-0.4, -0.2) is 50.8 Å². The van der Waals surface area contributed by atoms with Gasteiger partial charge in [0.05, 0.1) is 11.4 Å². The minimum atomic E-state index is -0.265. The number of rotatable bonds is 9. The van der Waals surface area contributed by atoms with Gasteiger partial charge < -0.3 is 4.90 Å². The van der Waals surface area contributed by atoms with Gasteiger partial charge in [0.25, 0.3) is 11.5 Å². The summed E-state index contributed by atoms with van der Waals surface area (Å²) in [6.45, 7) is 10.9. The molecule has 5 rings (SSSR count). The van der Waals surface area contributed by atoms with Gasteiger partial charge in [-0.15, -0.1) is 0 Å². The Balaban J connectivity index is 1.50. The van der Waals surface area contributed by atoms with Crippen LogP contribution in [0.5, 0.6) is 0 Å². The average Bonchev–Trinajstić information content (AvgIpc) is 3.27. The van der Waals surface area contributed by atoms with Crippen molar-refractivity contribution in [2.24, 2.45) is 0 Å². The van der Waals surface area contributed by atoms with Gasteiger partial charge in [0.15, 0.2) is 0 Å². The molecule has 9 heteroatoms. The first-order valence-corrected chi connectivity index (χ1v) is 16.0. The van der Waals surface area contributed by atoms with Crippen molar-refractivity contribution in [3.8, 4) is 6.07 Å². The summed E-state index contributed by atoms with van der Waals surface area (Å²) >= 11 is 6.93. The second kappa shape index (κ2) is 13.7. The van der Waals surface area contributed by atoms with Crippen molar-refractivity contribution in [1.82, 2.24) is 14.4 Å². The SMILES string of the molecule is CCCCn1c(N2CCN(Cc3ccccc3)CC2)c(/C=C2\SC(=S)N(Cc3ccc(C)cc3)C2=O)c(C)c(C#N)c1=O. The number of carbonyl (C=O) groups excluding carboxylic acids is 1. The fourth-order valence-corrected chi connectivity index (χ4v) is 6.85. The first-order valence-electron chi connectivity index (χ1n) is 14.8. The Morgan fingerprint density at radius 3 is 2.28 bits per heavy atom. The number of piperazine rings is 1. The van der Waals surface area contributed by atoms with Gasteiger partial charge >= 0.3 is 0 Å². The van der Waals surface area contributed by atoms with Crippen molar-refractivity contribution in [2.75, 3.05) is 31.1 Å². The quantitative estimate of drug-likeness (QED) is 0.222. The zero-order valence-electron chi connectivity index (χ0n) is 25.0. The van der Waals surface area contributed by atoms with E-state index in [1.165, 1.54) is 17.3 Å². The highest BCUT2D eigenvalue weighted by Crippen LogP contribution is 2.37. The average molecular weight is 612 g/mol. The smallest absolute Gasteiger partial charge is 0.270 e. The van der Waals surface area contributed by atoms with Crippen LogP contribution in [0.1, 0.15) is 53.1 Å². The molecule has 0 N–H and O–H groups in total. The maximum Gasteiger partial charge on any atom is 0.270 e. The van der Waals surface area contributed by atoms with Crippen molar-refractivity contribution >= 4 is 46.1 Å². The van der Waals surface area contributed by atoms with Gasteiger partial charge in [-0.1, -0.05) is 97.5 Å². The van der Waals surface area contributed by atoms with Gasteiger partial charge in [-0.05, 0) is 43.0 Å². The van der Waals surface area contributed by atoms with Crippen LogP contribution in [0.15, 0.2) is 64.3 Å². The van der Waals surface area contributed by atoms with Crippen LogP contribution < -0.4 is 10.5 Å². The maximum absolute atomic E-state index is 13.7. The number of thioether (sulfide) groups is 1. The monoisotopic (exact) mass is 611 g/mol. The number of anilines is 1. The highest BCUT2D eigenvalue weighted by atomic mass is 32.2. The van der Waals surface area contributed by atoms with E-state index in [2.05, 4.69) is 47.1 Å². The molecule has 2 aromatic carbocycles. The van der Waals surface area contributed by atoms with E-state index in [1.54, 1.807) is 9.47 Å². The van der Waals surface area contributed by atoms with Crippen molar-refractivity contribution in [1.29, 1.82) is 5.26 Å². The minimum absolute atomic E-state index is 0.129. The van der Waals surface area contributed by atoms with Crippen LogP contribution >= 0.6 is 24.0 Å². The van der Waals surface area contributed by atoms with Crippen LogP contribution in [0.3, 0.4) is 0 Å². The third-order valence-electron chi connectivity index (χ3n) is 8.11. The molecule has 0 radical (unpaired) electrons. The number of hydrogen-bond donors (Lipinski definition) is 0. The first kappa shape index (κ1) is 30.7. The lowest BCUT2D eigenvalue weighted by atomic mass is 10.0. The molecule has 1 aromatic heterocycles. The number of aromatic nitrogens is 1. The Labute approximate surface area is 263 Å². The number of benzene rings is 2. The van der Waals surface area contributed by atoms with Gasteiger partial charge in [-0.3, -0.25) is 24.0 Å². The Bertz CT molecular complexity index is 1630. The summed E-state index contributed by atoms with van der Waals surface area (Å²) in [5, 5.41) is 10.0. The topological polar surface area (TPSA) is 72.6 Å². The molecule has 1 amide bonds. The lowest BCUT2D eigenvalue weighted by molar-refractivity contribution is -0.122. The largest absolute Gasteiger partial charge is 0.355 e. The Hall–Kier alpha value is -3.71. The predicted molar refractivity (Wildman–Crippen MR) is 179 cm³/mol.